The van der Waals surface area contributed by atoms with E-state index >= 15 is 0 Å². The van der Waals surface area contributed by atoms with Gasteiger partial charge in [0, 0.05) is 30.5 Å². The molecule has 2 heterocycles. The standard InChI is InChI=1S/C29H25Cl2N3O7S/c30-22-12-19-14-34(15-32-27(35)18-5-4-17-7-9-41-24(17)13-18)8-6-21(19)26(31)25(22)28(36)33-23(29(37)38)11-16-2-1-3-20(10-16)42(39)40/h1-5,7,9-10,12-13,23H,6,8,11,14-15H2,(H,32,35)(H,33,36)(H,37,38)(H,39,40)/p+1/t23-/m0/s1. The van der Waals surface area contributed by atoms with Crippen LogP contribution in [0.4, 0.5) is 0 Å². The number of carbonyl (C=O) groups is 3. The van der Waals surface area contributed by atoms with E-state index in [-0.39, 0.29) is 39.5 Å². The van der Waals surface area contributed by atoms with Gasteiger partial charge in [-0.3, -0.25) is 14.5 Å². The summed E-state index contributed by atoms with van der Waals surface area (Å²) in [5, 5.41) is 16.2. The van der Waals surface area contributed by atoms with Gasteiger partial charge in [-0.1, -0.05) is 45.6 Å². The van der Waals surface area contributed by atoms with E-state index in [2.05, 4.69) is 10.6 Å². The number of thiol groups is 1. The molecule has 1 unspecified atom stereocenters. The number of rotatable bonds is 9. The molecule has 1 aliphatic rings. The summed E-state index contributed by atoms with van der Waals surface area (Å²) in [5.41, 5.74) is 3.07. The van der Waals surface area contributed by atoms with Gasteiger partial charge in [0.05, 0.1) is 28.5 Å². The number of hydrogen-bond acceptors (Lipinski definition) is 6. The lowest BCUT2D eigenvalue weighted by atomic mass is 9.96. The molecule has 0 radical (unpaired) electrons. The Bertz CT molecular complexity index is 1720. The van der Waals surface area contributed by atoms with Crippen molar-refractivity contribution < 1.29 is 32.7 Å². The number of aliphatic carboxylic acids is 1. The second-order valence-corrected chi connectivity index (χ2v) is 11.7. The summed E-state index contributed by atoms with van der Waals surface area (Å²) in [6, 6.07) is 13.4. The molecule has 0 aliphatic carbocycles. The zero-order chi connectivity index (χ0) is 30.0. The highest BCUT2D eigenvalue weighted by Crippen LogP contribution is 2.34. The monoisotopic (exact) mass is 630 g/mol. The Morgan fingerprint density at radius 2 is 1.88 bits per heavy atom. The van der Waals surface area contributed by atoms with Crippen LogP contribution >= 0.6 is 23.2 Å². The van der Waals surface area contributed by atoms with Crippen molar-refractivity contribution >= 4 is 63.0 Å². The summed E-state index contributed by atoms with van der Waals surface area (Å²) < 4.78 is 26.1. The maximum Gasteiger partial charge on any atom is 0.326 e. The van der Waals surface area contributed by atoms with Crippen LogP contribution < -0.4 is 10.6 Å². The van der Waals surface area contributed by atoms with E-state index < -0.39 is 29.0 Å². The first-order valence-corrected chi connectivity index (χ1v) is 14.8. The van der Waals surface area contributed by atoms with E-state index in [1.807, 2.05) is 17.0 Å². The van der Waals surface area contributed by atoms with Crippen LogP contribution in [0.1, 0.15) is 37.4 Å². The van der Waals surface area contributed by atoms with Crippen molar-refractivity contribution in [3.8, 4) is 0 Å². The predicted molar refractivity (Wildman–Crippen MR) is 159 cm³/mol. The van der Waals surface area contributed by atoms with Crippen LogP contribution in [-0.4, -0.2) is 51.6 Å². The number of furan rings is 1. The van der Waals surface area contributed by atoms with Crippen LogP contribution in [0.3, 0.4) is 0 Å². The Kier molecular flexibility index (Phi) is 8.95. The molecule has 4 aromatic rings. The number of amides is 2. The Balaban J connectivity index is 1.25. The van der Waals surface area contributed by atoms with Crippen molar-refractivity contribution in [1.82, 2.24) is 15.5 Å². The van der Waals surface area contributed by atoms with Crippen LogP contribution in [0.2, 0.25) is 10.0 Å². The first kappa shape index (κ1) is 29.7. The molecule has 4 N–H and O–H groups in total. The Morgan fingerprint density at radius 1 is 1.07 bits per heavy atom. The summed E-state index contributed by atoms with van der Waals surface area (Å²) in [6.07, 6.45) is 1.93. The van der Waals surface area contributed by atoms with Crippen LogP contribution in [-0.2, 0) is 39.5 Å². The van der Waals surface area contributed by atoms with E-state index in [1.165, 1.54) is 12.1 Å². The maximum atomic E-state index is 13.2. The van der Waals surface area contributed by atoms with E-state index in [0.717, 1.165) is 16.5 Å². The van der Waals surface area contributed by atoms with E-state index in [1.54, 1.807) is 36.6 Å². The summed E-state index contributed by atoms with van der Waals surface area (Å²) in [7, 11) is 0. The number of carbonyl (C=O) groups excluding carboxylic acids is 2. The quantitative estimate of drug-likeness (QED) is 0.157. The third kappa shape index (κ3) is 6.50. The maximum absolute atomic E-state index is 13.2. The molecule has 2 atom stereocenters. The number of benzene rings is 3. The van der Waals surface area contributed by atoms with Gasteiger partial charge in [-0.25, -0.2) is 4.79 Å². The largest absolute Gasteiger partial charge is 0.480 e. The number of hydrogen-bond donors (Lipinski definition) is 4. The minimum absolute atomic E-state index is 0.0226. The first-order chi connectivity index (χ1) is 20.1. The summed E-state index contributed by atoms with van der Waals surface area (Å²) in [6.45, 7) is 1.25. The van der Waals surface area contributed by atoms with Crippen molar-refractivity contribution in [2.24, 2.45) is 0 Å². The van der Waals surface area contributed by atoms with Crippen molar-refractivity contribution in [1.29, 1.82) is 0 Å². The zero-order valence-corrected chi connectivity index (χ0v) is 24.4. The number of halogens is 2. The number of fused-ring (bicyclic) bond motifs is 2. The summed E-state index contributed by atoms with van der Waals surface area (Å²) >= 11 is 10.5. The minimum atomic E-state index is -2.59. The van der Waals surface area contributed by atoms with Gasteiger partial charge < -0.3 is 20.2 Å². The van der Waals surface area contributed by atoms with Crippen LogP contribution in [0.25, 0.3) is 11.0 Å². The van der Waals surface area contributed by atoms with Gasteiger partial charge in [-0.2, -0.15) is 4.55 Å². The van der Waals surface area contributed by atoms with Gasteiger partial charge in [-0.15, -0.1) is 0 Å². The van der Waals surface area contributed by atoms with Crippen LogP contribution in [0, 0.1) is 0 Å². The third-order valence-corrected chi connectivity index (χ3v) is 8.50. The molecule has 5 rings (SSSR count). The average molecular weight is 632 g/mol. The fourth-order valence-corrected chi connectivity index (χ4v) is 6.16. The second kappa shape index (κ2) is 12.6. The lowest BCUT2D eigenvalue weighted by Gasteiger charge is -2.30. The third-order valence-electron chi connectivity index (χ3n) is 7.07. The molecule has 1 aromatic heterocycles. The summed E-state index contributed by atoms with van der Waals surface area (Å²) in [4.78, 5) is 40.0. The zero-order valence-electron chi connectivity index (χ0n) is 22.0. The fraction of sp³-hybridized carbons (Fsp3) is 0.207. The number of nitrogens with zero attached hydrogens (tertiary/aromatic N) is 1. The predicted octanol–water partition coefficient (Wildman–Crippen LogP) is 4.44. The second-order valence-electron chi connectivity index (χ2n) is 9.84. The number of carboxylic acid groups (broad SMARTS) is 1. The lowest BCUT2D eigenvalue weighted by molar-refractivity contribution is -0.139. The van der Waals surface area contributed by atoms with Gasteiger partial charge in [0.1, 0.15) is 11.6 Å². The molecular formula is C29H26Cl2N3O7S+. The number of nitrogens with one attached hydrogen (secondary N) is 2. The molecule has 10 nitrogen and oxygen atoms in total. The van der Waals surface area contributed by atoms with Gasteiger partial charge in [-0.05, 0) is 59.5 Å². The molecule has 0 fully saturated rings. The first-order valence-electron chi connectivity index (χ1n) is 12.9. The molecule has 2 amide bonds. The molecule has 0 saturated carbocycles. The fourth-order valence-electron chi connectivity index (χ4n) is 4.90. The van der Waals surface area contributed by atoms with Gasteiger partial charge >= 0.3 is 5.97 Å². The summed E-state index contributed by atoms with van der Waals surface area (Å²) in [5.74, 6) is -2.27. The van der Waals surface area contributed by atoms with Gasteiger partial charge in [0.25, 0.3) is 11.8 Å². The Hall–Kier alpha value is -3.74. The lowest BCUT2D eigenvalue weighted by Crippen LogP contribution is -2.43. The Morgan fingerprint density at radius 3 is 2.64 bits per heavy atom. The normalized spacial score (nSPS) is 14.6. The van der Waals surface area contributed by atoms with Crippen molar-refractivity contribution in [3.05, 3.63) is 98.7 Å². The molecule has 0 spiro atoms. The SMILES string of the molecule is O=C(NCN1CCc2c(cc(Cl)c(C(=O)N[C@@H](Cc3cccc([SH+](=O)O)c3)C(=O)O)c2Cl)C1)c1ccc2ccoc2c1. The number of carboxylic acids is 1. The molecule has 218 valence electrons. The van der Waals surface area contributed by atoms with Crippen molar-refractivity contribution in [3.63, 3.8) is 0 Å². The van der Waals surface area contributed by atoms with E-state index in [0.29, 0.717) is 36.2 Å². The molecular weight excluding hydrogens is 605 g/mol. The van der Waals surface area contributed by atoms with Crippen LogP contribution in [0.15, 0.2) is 70.2 Å². The molecule has 13 heteroatoms. The molecule has 0 bridgehead atoms. The van der Waals surface area contributed by atoms with Crippen molar-refractivity contribution in [2.45, 2.75) is 30.3 Å². The van der Waals surface area contributed by atoms with E-state index in [4.69, 9.17) is 27.6 Å². The molecule has 42 heavy (non-hydrogen) atoms. The molecule has 3 aromatic carbocycles. The van der Waals surface area contributed by atoms with Crippen molar-refractivity contribution in [2.75, 3.05) is 13.2 Å². The Labute approximate surface area is 252 Å². The minimum Gasteiger partial charge on any atom is -0.480 e. The topological polar surface area (TPSA) is 149 Å². The molecule has 1 aliphatic heterocycles. The van der Waals surface area contributed by atoms with Gasteiger partial charge in [0.2, 0.25) is 11.1 Å². The smallest absolute Gasteiger partial charge is 0.326 e. The highest BCUT2D eigenvalue weighted by molar-refractivity contribution is 7.79. The highest BCUT2D eigenvalue weighted by atomic mass is 35.5. The molecule has 0 saturated heterocycles. The van der Waals surface area contributed by atoms with Gasteiger partial charge in [0.15, 0.2) is 4.90 Å². The average Bonchev–Trinajstić information content (AvgIpc) is 3.43. The van der Waals surface area contributed by atoms with E-state index in [9.17, 15) is 28.3 Å². The highest BCUT2D eigenvalue weighted by Gasteiger charge is 2.28. The van der Waals surface area contributed by atoms with Crippen LogP contribution in [0.5, 0.6) is 0 Å².